The molecule has 4 atom stereocenters. The molecule has 0 heterocycles. The summed E-state index contributed by atoms with van der Waals surface area (Å²) in [6.45, 7) is 5.93. The lowest BCUT2D eigenvalue weighted by atomic mass is 9.56. The van der Waals surface area contributed by atoms with Gasteiger partial charge in [0.05, 0.1) is 0 Å². The number of rotatable bonds is 1. The molecule has 100 valence electrons. The van der Waals surface area contributed by atoms with Crippen LogP contribution in [0.15, 0.2) is 0 Å². The minimum absolute atomic E-state index is 0.0133. The van der Waals surface area contributed by atoms with Gasteiger partial charge in [0.15, 0.2) is 0 Å². The molecular formula is C15H22O3. The van der Waals surface area contributed by atoms with Crippen LogP contribution in [0.4, 0.5) is 0 Å². The Balaban J connectivity index is 1.85. The summed E-state index contributed by atoms with van der Waals surface area (Å²) in [4.78, 5) is 23.1. The monoisotopic (exact) mass is 250 g/mol. The Hall–Kier alpha value is -0.860. The van der Waals surface area contributed by atoms with Gasteiger partial charge in [0.25, 0.3) is 0 Å². The molecule has 0 aromatic rings. The average Bonchev–Trinajstić information content (AvgIpc) is 2.98. The van der Waals surface area contributed by atoms with E-state index in [4.69, 9.17) is 4.74 Å². The molecule has 3 saturated carbocycles. The number of hydrogen-bond donors (Lipinski definition) is 0. The lowest BCUT2D eigenvalue weighted by Crippen LogP contribution is -2.50. The number of esters is 1. The number of carbonyl (C=O) groups excluding carboxylic acids is 2. The molecule has 3 aliphatic carbocycles. The smallest absolute Gasteiger partial charge is 0.302 e. The number of ether oxygens (including phenoxy) is 1. The molecule has 0 radical (unpaired) electrons. The van der Waals surface area contributed by atoms with Crippen LogP contribution in [-0.4, -0.2) is 17.9 Å². The van der Waals surface area contributed by atoms with Crippen LogP contribution >= 0.6 is 0 Å². The molecular weight excluding hydrogens is 228 g/mol. The molecule has 18 heavy (non-hydrogen) atoms. The second-order valence-electron chi connectivity index (χ2n) is 7.01. The highest BCUT2D eigenvalue weighted by molar-refractivity contribution is 5.86. The normalized spacial score (nSPS) is 44.8. The molecule has 0 N–H and O–H groups in total. The van der Waals surface area contributed by atoms with Crippen molar-refractivity contribution in [2.45, 2.75) is 59.0 Å². The summed E-state index contributed by atoms with van der Waals surface area (Å²) in [5, 5.41) is 0. The summed E-state index contributed by atoms with van der Waals surface area (Å²) >= 11 is 0. The highest BCUT2D eigenvalue weighted by Crippen LogP contribution is 2.72. The van der Waals surface area contributed by atoms with Gasteiger partial charge in [-0.15, -0.1) is 0 Å². The summed E-state index contributed by atoms with van der Waals surface area (Å²) in [5.74, 6) is 1.18. The van der Waals surface area contributed by atoms with Crippen molar-refractivity contribution in [3.8, 4) is 0 Å². The van der Waals surface area contributed by atoms with Crippen molar-refractivity contribution in [1.82, 2.24) is 0 Å². The van der Waals surface area contributed by atoms with E-state index in [1.165, 1.54) is 6.92 Å². The summed E-state index contributed by atoms with van der Waals surface area (Å²) < 4.78 is 5.52. The Bertz CT molecular complexity index is 412. The summed E-state index contributed by atoms with van der Waals surface area (Å²) in [6.07, 6.45) is 4.82. The molecule has 3 nitrogen and oxygen atoms in total. The third-order valence-electron chi connectivity index (χ3n) is 5.79. The van der Waals surface area contributed by atoms with Crippen LogP contribution in [0.25, 0.3) is 0 Å². The summed E-state index contributed by atoms with van der Waals surface area (Å²) in [7, 11) is 0. The molecule has 3 heteroatoms. The van der Waals surface area contributed by atoms with E-state index in [0.29, 0.717) is 17.6 Å². The number of hydrogen-bond acceptors (Lipinski definition) is 3. The second kappa shape index (κ2) is 3.58. The molecule has 1 spiro atoms. The van der Waals surface area contributed by atoms with Gasteiger partial charge in [-0.25, -0.2) is 0 Å². The first-order valence-electron chi connectivity index (χ1n) is 7.08. The standard InChI is InChI=1S/C15H22O3/c1-9(16)18-13-6-7-15-8-10(15)11(17)4-5-12(15)14(13,2)3/h10,12-13H,4-8H2,1-3H3/t10-,12-,13-,15-/m0/s1. The largest absolute Gasteiger partial charge is 0.462 e. The first-order valence-corrected chi connectivity index (χ1v) is 7.08. The Morgan fingerprint density at radius 1 is 1.33 bits per heavy atom. The quantitative estimate of drug-likeness (QED) is 0.672. The van der Waals surface area contributed by atoms with E-state index in [-0.39, 0.29) is 22.9 Å². The van der Waals surface area contributed by atoms with Gasteiger partial charge in [0.1, 0.15) is 11.9 Å². The number of ketones is 1. The van der Waals surface area contributed by atoms with Gasteiger partial charge in [0.2, 0.25) is 0 Å². The predicted molar refractivity (Wildman–Crippen MR) is 66.8 cm³/mol. The second-order valence-corrected chi connectivity index (χ2v) is 7.01. The van der Waals surface area contributed by atoms with E-state index < -0.39 is 0 Å². The maximum Gasteiger partial charge on any atom is 0.302 e. The number of Topliss-reactive ketones (excluding diaryl/α,β-unsaturated/α-hetero) is 1. The van der Waals surface area contributed by atoms with Crippen LogP contribution in [0.5, 0.6) is 0 Å². The van der Waals surface area contributed by atoms with Gasteiger partial charge in [-0.3, -0.25) is 9.59 Å². The van der Waals surface area contributed by atoms with Crippen molar-refractivity contribution < 1.29 is 14.3 Å². The highest BCUT2D eigenvalue weighted by Gasteiger charge is 2.69. The van der Waals surface area contributed by atoms with Crippen LogP contribution in [0.3, 0.4) is 0 Å². The third kappa shape index (κ3) is 1.49. The Morgan fingerprint density at radius 2 is 2.06 bits per heavy atom. The fraction of sp³-hybridized carbons (Fsp3) is 0.867. The minimum Gasteiger partial charge on any atom is -0.462 e. The summed E-state index contributed by atoms with van der Waals surface area (Å²) in [6, 6.07) is 0. The molecule has 0 aromatic carbocycles. The molecule has 0 unspecified atom stereocenters. The van der Waals surface area contributed by atoms with Crippen molar-refractivity contribution >= 4 is 11.8 Å². The van der Waals surface area contributed by atoms with Crippen LogP contribution in [0.2, 0.25) is 0 Å². The van der Waals surface area contributed by atoms with E-state index in [0.717, 1.165) is 32.1 Å². The topological polar surface area (TPSA) is 43.4 Å². The zero-order valence-electron chi connectivity index (χ0n) is 11.5. The van der Waals surface area contributed by atoms with Crippen LogP contribution < -0.4 is 0 Å². The Morgan fingerprint density at radius 3 is 2.72 bits per heavy atom. The van der Waals surface area contributed by atoms with Gasteiger partial charge in [-0.1, -0.05) is 13.8 Å². The highest BCUT2D eigenvalue weighted by atomic mass is 16.5. The molecule has 0 aromatic heterocycles. The lowest BCUT2D eigenvalue weighted by Gasteiger charge is -2.51. The molecule has 0 aliphatic heterocycles. The van der Waals surface area contributed by atoms with Gasteiger partial charge in [-0.05, 0) is 37.0 Å². The van der Waals surface area contributed by atoms with E-state index >= 15 is 0 Å². The van der Waals surface area contributed by atoms with Crippen LogP contribution in [-0.2, 0) is 14.3 Å². The van der Waals surface area contributed by atoms with Gasteiger partial charge in [-0.2, -0.15) is 0 Å². The predicted octanol–water partition coefficient (Wildman–Crippen LogP) is 2.72. The molecule has 0 saturated heterocycles. The van der Waals surface area contributed by atoms with Gasteiger partial charge < -0.3 is 4.74 Å². The Kier molecular flexibility index (Phi) is 2.43. The molecule has 3 aliphatic rings. The zero-order chi connectivity index (χ0) is 13.1. The lowest BCUT2D eigenvalue weighted by molar-refractivity contribution is -0.166. The fourth-order valence-corrected chi connectivity index (χ4v) is 4.86. The zero-order valence-corrected chi connectivity index (χ0v) is 11.5. The molecule has 3 rings (SSSR count). The molecule has 3 fully saturated rings. The van der Waals surface area contributed by atoms with E-state index in [9.17, 15) is 9.59 Å². The van der Waals surface area contributed by atoms with E-state index in [1.807, 2.05) is 0 Å². The maximum absolute atomic E-state index is 11.9. The van der Waals surface area contributed by atoms with Crippen LogP contribution in [0, 0.1) is 22.7 Å². The van der Waals surface area contributed by atoms with Gasteiger partial charge in [0, 0.05) is 24.7 Å². The average molecular weight is 250 g/mol. The van der Waals surface area contributed by atoms with Crippen molar-refractivity contribution in [3.63, 3.8) is 0 Å². The first kappa shape index (κ1) is 12.2. The summed E-state index contributed by atoms with van der Waals surface area (Å²) in [5.41, 5.74) is 0.287. The van der Waals surface area contributed by atoms with E-state index in [2.05, 4.69) is 13.8 Å². The van der Waals surface area contributed by atoms with Crippen LogP contribution in [0.1, 0.15) is 52.9 Å². The van der Waals surface area contributed by atoms with Crippen molar-refractivity contribution in [2.24, 2.45) is 22.7 Å². The molecule has 0 bridgehead atoms. The van der Waals surface area contributed by atoms with E-state index in [1.54, 1.807) is 0 Å². The minimum atomic E-state index is -0.178. The van der Waals surface area contributed by atoms with Crippen molar-refractivity contribution in [2.75, 3.05) is 0 Å². The van der Waals surface area contributed by atoms with Crippen molar-refractivity contribution in [3.05, 3.63) is 0 Å². The fourth-order valence-electron chi connectivity index (χ4n) is 4.86. The van der Waals surface area contributed by atoms with Crippen molar-refractivity contribution in [1.29, 1.82) is 0 Å². The number of carbonyl (C=O) groups is 2. The third-order valence-corrected chi connectivity index (χ3v) is 5.79. The SMILES string of the molecule is CC(=O)O[C@H]1CC[C@]23C[C@H]2C(=O)CC[C@H]3C1(C)C. The first-order chi connectivity index (χ1) is 8.38. The maximum atomic E-state index is 11.9. The van der Waals surface area contributed by atoms with Gasteiger partial charge >= 0.3 is 5.97 Å². The Labute approximate surface area is 108 Å². The molecule has 0 amide bonds.